The highest BCUT2D eigenvalue weighted by Crippen LogP contribution is 2.21. The average Bonchev–Trinajstić information content (AvgIpc) is 2.96. The van der Waals surface area contributed by atoms with Crippen LogP contribution >= 0.6 is 0 Å². The zero-order chi connectivity index (χ0) is 14.3. The predicted molar refractivity (Wildman–Crippen MR) is 74.2 cm³/mol. The normalized spacial score (nSPS) is 15.8. The van der Waals surface area contributed by atoms with Crippen LogP contribution in [0.2, 0.25) is 0 Å². The van der Waals surface area contributed by atoms with Gasteiger partial charge in [0.1, 0.15) is 17.4 Å². The van der Waals surface area contributed by atoms with Crippen molar-refractivity contribution in [3.8, 4) is 0 Å². The molecule has 0 atom stereocenters. The van der Waals surface area contributed by atoms with Crippen LogP contribution in [0.4, 0.5) is 0 Å². The number of aromatic nitrogens is 4. The molecular weight excluding hydrogens is 254 g/mol. The van der Waals surface area contributed by atoms with Crippen molar-refractivity contribution < 1.29 is 4.52 Å². The molecule has 0 saturated carbocycles. The van der Waals surface area contributed by atoms with Gasteiger partial charge in [0.15, 0.2) is 0 Å². The van der Waals surface area contributed by atoms with Crippen molar-refractivity contribution in [3.05, 3.63) is 28.7 Å². The van der Waals surface area contributed by atoms with Gasteiger partial charge in [-0.25, -0.2) is 0 Å². The number of fused-ring (bicyclic) bond motifs is 1. The number of hydrogen-bond donors (Lipinski definition) is 0. The molecule has 0 saturated heterocycles. The summed E-state index contributed by atoms with van der Waals surface area (Å²) in [6, 6.07) is 0. The van der Waals surface area contributed by atoms with Crippen LogP contribution in [0.15, 0.2) is 4.52 Å². The third-order valence-corrected chi connectivity index (χ3v) is 3.94. The van der Waals surface area contributed by atoms with E-state index in [-0.39, 0.29) is 0 Å². The molecule has 3 heterocycles. The van der Waals surface area contributed by atoms with Gasteiger partial charge in [0, 0.05) is 31.1 Å². The van der Waals surface area contributed by atoms with Crippen LogP contribution in [-0.4, -0.2) is 31.4 Å². The van der Waals surface area contributed by atoms with Gasteiger partial charge < -0.3 is 9.09 Å². The van der Waals surface area contributed by atoms with Crippen LogP contribution in [0, 0.1) is 13.8 Å². The number of nitrogens with zero attached hydrogens (tertiary/aromatic N) is 5. The van der Waals surface area contributed by atoms with Crippen molar-refractivity contribution in [2.75, 3.05) is 6.54 Å². The molecule has 2 aromatic rings. The third kappa shape index (κ3) is 2.24. The lowest BCUT2D eigenvalue weighted by Crippen LogP contribution is -2.34. The third-order valence-electron chi connectivity index (χ3n) is 3.94. The van der Waals surface area contributed by atoms with E-state index in [4.69, 9.17) is 4.52 Å². The molecule has 20 heavy (non-hydrogen) atoms. The van der Waals surface area contributed by atoms with E-state index in [9.17, 15) is 0 Å². The predicted octanol–water partition coefficient (Wildman–Crippen LogP) is 2.02. The van der Waals surface area contributed by atoms with E-state index in [0.29, 0.717) is 5.92 Å². The molecule has 0 aliphatic carbocycles. The van der Waals surface area contributed by atoms with Gasteiger partial charge in [-0.05, 0) is 13.8 Å². The molecule has 0 aromatic carbocycles. The molecule has 0 N–H and O–H groups in total. The average molecular weight is 275 g/mol. The Kier molecular flexibility index (Phi) is 3.33. The van der Waals surface area contributed by atoms with Gasteiger partial charge in [-0.2, -0.15) is 0 Å². The fraction of sp³-hybridized carbons (Fsp3) is 0.643. The van der Waals surface area contributed by atoms with E-state index in [1.807, 2.05) is 13.8 Å². The Balaban J connectivity index is 1.76. The minimum absolute atomic E-state index is 0.422. The van der Waals surface area contributed by atoms with Crippen molar-refractivity contribution in [1.29, 1.82) is 0 Å². The quantitative estimate of drug-likeness (QED) is 0.857. The summed E-state index contributed by atoms with van der Waals surface area (Å²) in [5.41, 5.74) is 2.18. The van der Waals surface area contributed by atoms with Crippen LogP contribution in [0.5, 0.6) is 0 Å². The van der Waals surface area contributed by atoms with Crippen LogP contribution in [0.3, 0.4) is 0 Å². The highest BCUT2D eigenvalue weighted by molar-refractivity contribution is 5.20. The number of aryl methyl sites for hydroxylation is 2. The summed E-state index contributed by atoms with van der Waals surface area (Å²) in [5, 5.41) is 12.7. The van der Waals surface area contributed by atoms with Crippen LogP contribution < -0.4 is 0 Å². The van der Waals surface area contributed by atoms with Crippen LogP contribution in [0.1, 0.15) is 48.4 Å². The Labute approximate surface area is 118 Å². The maximum absolute atomic E-state index is 5.23. The molecule has 1 aliphatic heterocycles. The second-order valence-electron chi connectivity index (χ2n) is 5.79. The summed E-state index contributed by atoms with van der Waals surface area (Å²) in [4.78, 5) is 2.38. The van der Waals surface area contributed by atoms with E-state index in [0.717, 1.165) is 49.3 Å². The highest BCUT2D eigenvalue weighted by atomic mass is 16.5. The monoisotopic (exact) mass is 275 g/mol. The number of rotatable bonds is 3. The molecule has 2 aromatic heterocycles. The van der Waals surface area contributed by atoms with Crippen molar-refractivity contribution in [2.24, 2.45) is 0 Å². The maximum Gasteiger partial charge on any atom is 0.147 e. The van der Waals surface area contributed by atoms with Crippen molar-refractivity contribution >= 4 is 0 Å². The van der Waals surface area contributed by atoms with Gasteiger partial charge in [-0.1, -0.05) is 19.0 Å². The molecule has 0 unspecified atom stereocenters. The van der Waals surface area contributed by atoms with Gasteiger partial charge in [0.2, 0.25) is 0 Å². The van der Waals surface area contributed by atoms with Crippen molar-refractivity contribution in [3.63, 3.8) is 0 Å². The first-order chi connectivity index (χ1) is 9.56. The lowest BCUT2D eigenvalue weighted by molar-refractivity contribution is 0.205. The second-order valence-corrected chi connectivity index (χ2v) is 5.79. The lowest BCUT2D eigenvalue weighted by atomic mass is 10.1. The largest absolute Gasteiger partial charge is 0.361 e. The zero-order valence-corrected chi connectivity index (χ0v) is 12.6. The minimum Gasteiger partial charge on any atom is -0.361 e. The highest BCUT2D eigenvalue weighted by Gasteiger charge is 2.23. The molecule has 6 nitrogen and oxygen atoms in total. The first-order valence-corrected chi connectivity index (χ1v) is 7.12. The Bertz CT molecular complexity index is 594. The van der Waals surface area contributed by atoms with Crippen LogP contribution in [-0.2, 0) is 19.6 Å². The van der Waals surface area contributed by atoms with Gasteiger partial charge in [-0.3, -0.25) is 4.90 Å². The van der Waals surface area contributed by atoms with Crippen molar-refractivity contribution in [1.82, 2.24) is 24.8 Å². The number of hydrogen-bond acceptors (Lipinski definition) is 5. The smallest absolute Gasteiger partial charge is 0.147 e. The zero-order valence-electron chi connectivity index (χ0n) is 12.6. The topological polar surface area (TPSA) is 60.0 Å². The minimum atomic E-state index is 0.422. The Hall–Kier alpha value is -1.69. The molecule has 0 amide bonds. The summed E-state index contributed by atoms with van der Waals surface area (Å²) in [7, 11) is 0. The molecule has 0 radical (unpaired) electrons. The maximum atomic E-state index is 5.23. The summed E-state index contributed by atoms with van der Waals surface area (Å²) in [6.45, 7) is 12.0. The van der Waals surface area contributed by atoms with Crippen LogP contribution in [0.25, 0.3) is 0 Å². The Morgan fingerprint density at radius 1 is 1.20 bits per heavy atom. The molecule has 3 rings (SSSR count). The molecule has 1 aliphatic rings. The molecule has 6 heteroatoms. The fourth-order valence-electron chi connectivity index (χ4n) is 2.74. The van der Waals surface area contributed by atoms with E-state index >= 15 is 0 Å². The second kappa shape index (κ2) is 5.01. The van der Waals surface area contributed by atoms with E-state index < -0.39 is 0 Å². The molecule has 0 fully saturated rings. The fourth-order valence-corrected chi connectivity index (χ4v) is 2.74. The standard InChI is InChI=1S/C14H21N5O/c1-9(2)14-16-15-13-8-18(5-6-19(13)14)7-12-10(3)17-20-11(12)4/h9H,5-8H2,1-4H3. The summed E-state index contributed by atoms with van der Waals surface area (Å²) in [6.07, 6.45) is 0. The van der Waals surface area contributed by atoms with Gasteiger partial charge >= 0.3 is 0 Å². The van der Waals surface area contributed by atoms with E-state index in [2.05, 4.69) is 38.7 Å². The first kappa shape index (κ1) is 13.3. The summed E-state index contributed by atoms with van der Waals surface area (Å²) < 4.78 is 7.49. The molecule has 0 spiro atoms. The lowest BCUT2D eigenvalue weighted by Gasteiger charge is -2.28. The van der Waals surface area contributed by atoms with Gasteiger partial charge in [0.05, 0.1) is 12.2 Å². The molecular formula is C14H21N5O. The molecule has 108 valence electrons. The Morgan fingerprint density at radius 2 is 2.00 bits per heavy atom. The van der Waals surface area contributed by atoms with Gasteiger partial charge in [-0.15, -0.1) is 10.2 Å². The van der Waals surface area contributed by atoms with E-state index in [1.54, 1.807) is 0 Å². The first-order valence-electron chi connectivity index (χ1n) is 7.12. The van der Waals surface area contributed by atoms with E-state index in [1.165, 1.54) is 5.56 Å². The van der Waals surface area contributed by atoms with Gasteiger partial charge in [0.25, 0.3) is 0 Å². The SMILES string of the molecule is Cc1noc(C)c1CN1CCn2c(nnc2C(C)C)C1. The summed E-state index contributed by atoms with van der Waals surface area (Å²) in [5.74, 6) is 3.49. The Morgan fingerprint density at radius 3 is 2.65 bits per heavy atom. The van der Waals surface area contributed by atoms with Crippen molar-refractivity contribution in [2.45, 2.75) is 53.2 Å². The molecule has 0 bridgehead atoms. The summed E-state index contributed by atoms with van der Waals surface area (Å²) >= 11 is 0.